The van der Waals surface area contributed by atoms with Gasteiger partial charge in [-0.25, -0.2) is 0 Å². The molecule has 5 heteroatoms. The van der Waals surface area contributed by atoms with Gasteiger partial charge in [0.05, 0.1) is 11.6 Å². The van der Waals surface area contributed by atoms with Crippen molar-refractivity contribution in [3.8, 4) is 5.75 Å². The Morgan fingerprint density at radius 3 is 2.65 bits per heavy atom. The fourth-order valence-electron chi connectivity index (χ4n) is 10.2. The molecule has 2 fully saturated rings. The van der Waals surface area contributed by atoms with E-state index in [1.54, 1.807) is 5.57 Å². The van der Waals surface area contributed by atoms with E-state index in [9.17, 15) is 0 Å². The summed E-state index contributed by atoms with van der Waals surface area (Å²) in [5, 5.41) is 9.42. The van der Waals surface area contributed by atoms with E-state index in [1.165, 1.54) is 46.5 Å². The molecule has 2 aromatic carbocycles. The first-order valence-electron chi connectivity index (χ1n) is 18.8. The summed E-state index contributed by atoms with van der Waals surface area (Å²) >= 11 is 0. The lowest BCUT2D eigenvalue weighted by Gasteiger charge is -2.37. The number of nitrogens with one attached hydrogen (secondary N) is 2. The first-order chi connectivity index (χ1) is 24.0. The maximum Gasteiger partial charge on any atom is 0.130 e. The third-order valence-corrected chi connectivity index (χ3v) is 12.9. The zero-order chi connectivity index (χ0) is 32.9. The standard InChI is InChI=1S/C44H48N4O/c1-27-16-18-30(19-17-27)42-46-41(29-11-5-4-6-12-29)47-43(48(42)47)33-23-28(2)40(37-26-32-13-7-8-14-36(32)45-37)34(24-33)31-20-21-38-35(25-31)44(3)22-10-9-15-39(44)49-38/h4-7,9-13,15-16,18,20-23,25-28,30,34,39-43,45-46H,8,14,17,19,24H2,1-3H3/t27-,28?,30?,34?,39?,40?,41?,42?,43?,44?,47?,48?/m1/s1. The highest BCUT2D eigenvalue weighted by Crippen LogP contribution is 2.56. The molecule has 250 valence electrons. The monoisotopic (exact) mass is 648 g/mol. The molecule has 3 aliphatic heterocycles. The molecule has 12 atom stereocenters. The summed E-state index contributed by atoms with van der Waals surface area (Å²) < 4.78 is 6.50. The SMILES string of the molecule is CC1C=C(C2N3C(c4ccccc4)NC(C4C=C[C@@H](C)CC4)N23)CC(c2ccc3c(c2)C2(C)C=CC=CC2O3)C1c1cc2c([nH]1)CCC=C2. The molecule has 7 aliphatic rings. The number of aryl methyl sites for hydroxylation is 1. The molecular weight excluding hydrogens is 601 g/mol. The Bertz CT molecular complexity index is 1930. The number of hydrazine groups is 1. The lowest BCUT2D eigenvalue weighted by atomic mass is 9.68. The Kier molecular flexibility index (Phi) is 6.92. The number of hydrogen-bond donors (Lipinski definition) is 2. The molecule has 11 unspecified atom stereocenters. The van der Waals surface area contributed by atoms with E-state index in [-0.39, 0.29) is 17.7 Å². The number of ether oxygens (including phenoxy) is 1. The first-order valence-corrected chi connectivity index (χ1v) is 18.8. The van der Waals surface area contributed by atoms with Crippen LogP contribution in [0.2, 0.25) is 0 Å². The summed E-state index contributed by atoms with van der Waals surface area (Å²) in [5.74, 6) is 3.35. The van der Waals surface area contributed by atoms with Crippen molar-refractivity contribution in [3.05, 3.63) is 142 Å². The van der Waals surface area contributed by atoms with Gasteiger partial charge in [0.1, 0.15) is 24.2 Å². The van der Waals surface area contributed by atoms with Gasteiger partial charge in [-0.3, -0.25) is 5.32 Å². The number of nitrogens with zero attached hydrogens (tertiary/aromatic N) is 2. The Balaban J connectivity index is 1.04. The van der Waals surface area contributed by atoms with Gasteiger partial charge in [-0.1, -0.05) is 105 Å². The molecule has 3 aromatic rings. The molecule has 5 nitrogen and oxygen atoms in total. The molecule has 0 bridgehead atoms. The van der Waals surface area contributed by atoms with Gasteiger partial charge < -0.3 is 9.72 Å². The van der Waals surface area contributed by atoms with Crippen LogP contribution >= 0.6 is 0 Å². The fourth-order valence-corrected chi connectivity index (χ4v) is 10.2. The summed E-state index contributed by atoms with van der Waals surface area (Å²) in [6, 6.07) is 20.7. The van der Waals surface area contributed by atoms with E-state index in [0.29, 0.717) is 41.9 Å². The van der Waals surface area contributed by atoms with Crippen molar-refractivity contribution in [2.45, 2.75) is 94.7 Å². The van der Waals surface area contributed by atoms with Gasteiger partial charge in [-0.05, 0) is 97.3 Å². The molecule has 49 heavy (non-hydrogen) atoms. The third kappa shape index (κ3) is 4.76. The minimum Gasteiger partial charge on any atom is -0.485 e. The van der Waals surface area contributed by atoms with Gasteiger partial charge in [0.25, 0.3) is 0 Å². The Hall–Kier alpha value is -3.90. The molecule has 2 N–H and O–H groups in total. The minimum absolute atomic E-state index is 0.0591. The lowest BCUT2D eigenvalue weighted by molar-refractivity contribution is 0.228. The Morgan fingerprint density at radius 2 is 1.82 bits per heavy atom. The molecule has 0 amide bonds. The predicted octanol–water partition coefficient (Wildman–Crippen LogP) is 9.04. The topological polar surface area (TPSA) is 43.1 Å². The van der Waals surface area contributed by atoms with Crippen molar-refractivity contribution in [1.82, 2.24) is 20.3 Å². The van der Waals surface area contributed by atoms with Crippen LogP contribution in [0.5, 0.6) is 5.75 Å². The number of H-pyrrole nitrogens is 1. The molecule has 0 radical (unpaired) electrons. The maximum absolute atomic E-state index is 6.50. The summed E-state index contributed by atoms with van der Waals surface area (Å²) in [7, 11) is 0. The average Bonchev–Trinajstić information content (AvgIpc) is 3.36. The number of aromatic amines is 1. The van der Waals surface area contributed by atoms with E-state index in [2.05, 4.69) is 150 Å². The van der Waals surface area contributed by atoms with Crippen molar-refractivity contribution in [2.24, 2.45) is 17.8 Å². The third-order valence-electron chi connectivity index (χ3n) is 12.9. The van der Waals surface area contributed by atoms with Gasteiger partial charge in [-0.2, -0.15) is 10.0 Å². The quantitative estimate of drug-likeness (QED) is 0.214. The van der Waals surface area contributed by atoms with Crippen molar-refractivity contribution >= 4 is 6.08 Å². The van der Waals surface area contributed by atoms with Crippen LogP contribution in [0.3, 0.4) is 0 Å². The number of fused-ring (bicyclic) bond motifs is 5. The van der Waals surface area contributed by atoms with Crippen molar-refractivity contribution in [3.63, 3.8) is 0 Å². The van der Waals surface area contributed by atoms with Gasteiger partial charge in [-0.15, -0.1) is 0 Å². The highest BCUT2D eigenvalue weighted by Gasteiger charge is 2.62. The minimum atomic E-state index is -0.136. The smallest absolute Gasteiger partial charge is 0.130 e. The zero-order valence-corrected chi connectivity index (χ0v) is 28.9. The van der Waals surface area contributed by atoms with Crippen molar-refractivity contribution in [2.75, 3.05) is 0 Å². The van der Waals surface area contributed by atoms with Crippen LogP contribution in [-0.4, -0.2) is 33.4 Å². The maximum atomic E-state index is 6.50. The van der Waals surface area contributed by atoms with Gasteiger partial charge in [0.2, 0.25) is 0 Å². The molecule has 4 aliphatic carbocycles. The van der Waals surface area contributed by atoms with E-state index in [4.69, 9.17) is 4.74 Å². The molecule has 2 saturated heterocycles. The van der Waals surface area contributed by atoms with Crippen LogP contribution in [-0.2, 0) is 11.8 Å². The number of allylic oxidation sites excluding steroid dienone is 5. The number of hydrogen-bond acceptors (Lipinski definition) is 4. The van der Waals surface area contributed by atoms with Crippen molar-refractivity contribution in [1.29, 1.82) is 0 Å². The second-order valence-electron chi connectivity index (χ2n) is 16.0. The second kappa shape index (κ2) is 11.3. The second-order valence-corrected chi connectivity index (χ2v) is 16.0. The van der Waals surface area contributed by atoms with E-state index >= 15 is 0 Å². The number of rotatable bonds is 5. The molecule has 10 rings (SSSR count). The lowest BCUT2D eigenvalue weighted by Crippen LogP contribution is -2.42. The van der Waals surface area contributed by atoms with Gasteiger partial charge in [0, 0.05) is 28.8 Å². The summed E-state index contributed by atoms with van der Waals surface area (Å²) in [4.78, 5) is 3.96. The van der Waals surface area contributed by atoms with Crippen LogP contribution in [0.15, 0.2) is 109 Å². The van der Waals surface area contributed by atoms with Crippen molar-refractivity contribution < 1.29 is 4.74 Å². The fraction of sp³-hybridized carbons (Fsp3) is 0.409. The Morgan fingerprint density at radius 1 is 0.918 bits per heavy atom. The summed E-state index contributed by atoms with van der Waals surface area (Å²) in [6.45, 7) is 7.16. The molecule has 1 aromatic heterocycles. The van der Waals surface area contributed by atoms with E-state index < -0.39 is 0 Å². The van der Waals surface area contributed by atoms with Crippen LogP contribution in [0.25, 0.3) is 6.08 Å². The van der Waals surface area contributed by atoms with Crippen LogP contribution in [0, 0.1) is 17.8 Å². The predicted molar refractivity (Wildman–Crippen MR) is 197 cm³/mol. The average molecular weight is 649 g/mol. The number of benzene rings is 2. The van der Waals surface area contributed by atoms with Gasteiger partial charge >= 0.3 is 0 Å². The van der Waals surface area contributed by atoms with Gasteiger partial charge in [0.15, 0.2) is 0 Å². The van der Waals surface area contributed by atoms with Crippen LogP contribution in [0.4, 0.5) is 0 Å². The number of aromatic nitrogens is 1. The molecule has 0 spiro atoms. The summed E-state index contributed by atoms with van der Waals surface area (Å²) in [6.07, 6.45) is 27.8. The highest BCUT2D eigenvalue weighted by molar-refractivity contribution is 5.57. The Labute approximate surface area is 291 Å². The highest BCUT2D eigenvalue weighted by atomic mass is 16.5. The molecule has 4 heterocycles. The molecule has 0 saturated carbocycles. The van der Waals surface area contributed by atoms with E-state index in [0.717, 1.165) is 25.0 Å². The van der Waals surface area contributed by atoms with Crippen LogP contribution in [0.1, 0.15) is 98.1 Å². The van der Waals surface area contributed by atoms with Crippen LogP contribution < -0.4 is 10.1 Å². The zero-order valence-electron chi connectivity index (χ0n) is 28.9. The summed E-state index contributed by atoms with van der Waals surface area (Å²) in [5.41, 5.74) is 9.73. The normalized spacial score (nSPS) is 39.5. The van der Waals surface area contributed by atoms with E-state index in [1.807, 2.05) is 0 Å². The first kappa shape index (κ1) is 30.0. The largest absolute Gasteiger partial charge is 0.485 e. The molecular formula is C44H48N4O.